The highest BCUT2D eigenvalue weighted by Crippen LogP contribution is 2.39. The van der Waals surface area contributed by atoms with Gasteiger partial charge in [0.15, 0.2) is 0 Å². The third-order valence-corrected chi connectivity index (χ3v) is 7.89. The van der Waals surface area contributed by atoms with E-state index in [1.165, 1.54) is 31.2 Å². The minimum absolute atomic E-state index is 0.119. The average molecular weight is 516 g/mol. The zero-order chi connectivity index (χ0) is 26.8. The Labute approximate surface area is 221 Å². The van der Waals surface area contributed by atoms with Gasteiger partial charge in [-0.3, -0.25) is 4.72 Å². The molecule has 0 heterocycles. The molecule has 202 valence electrons. The van der Waals surface area contributed by atoms with E-state index < -0.39 is 10.0 Å². The fourth-order valence-electron chi connectivity index (χ4n) is 4.99. The van der Waals surface area contributed by atoms with Crippen molar-refractivity contribution in [2.45, 2.75) is 117 Å². The Kier molecular flexibility index (Phi) is 11.3. The van der Waals surface area contributed by atoms with Crippen LogP contribution in [0.1, 0.15) is 111 Å². The van der Waals surface area contributed by atoms with Gasteiger partial charge in [-0.05, 0) is 65.5 Å². The van der Waals surface area contributed by atoms with E-state index in [1.54, 1.807) is 0 Å². The van der Waals surface area contributed by atoms with Crippen LogP contribution in [-0.2, 0) is 21.9 Å². The number of hydrogen-bond donors (Lipinski definition) is 1. The molecule has 0 aliphatic heterocycles. The summed E-state index contributed by atoms with van der Waals surface area (Å²) in [6.07, 6.45) is 9.92. The number of benzene rings is 2. The van der Waals surface area contributed by atoms with Gasteiger partial charge < -0.3 is 4.74 Å². The molecule has 0 amide bonds. The van der Waals surface area contributed by atoms with Crippen molar-refractivity contribution >= 4 is 15.7 Å². The van der Waals surface area contributed by atoms with Crippen LogP contribution in [0.2, 0.25) is 0 Å². The number of ether oxygens (including phenoxy) is 1. The van der Waals surface area contributed by atoms with Gasteiger partial charge in [0.2, 0.25) is 0 Å². The fourth-order valence-corrected chi connectivity index (χ4v) is 6.22. The number of rotatable bonds is 15. The van der Waals surface area contributed by atoms with Gasteiger partial charge in [-0.15, -0.1) is 0 Å². The summed E-state index contributed by atoms with van der Waals surface area (Å²) in [4.78, 5) is 0.214. The summed E-state index contributed by atoms with van der Waals surface area (Å²) < 4.78 is 36.1. The van der Waals surface area contributed by atoms with Gasteiger partial charge in [0.05, 0.1) is 6.61 Å². The Morgan fingerprint density at radius 1 is 0.806 bits per heavy atom. The van der Waals surface area contributed by atoms with Crippen molar-refractivity contribution in [3.05, 3.63) is 53.6 Å². The molecular weight excluding hydrogens is 466 g/mol. The minimum Gasteiger partial charge on any atom is -0.492 e. The lowest BCUT2D eigenvalue weighted by molar-refractivity contribution is 0.281. The molecule has 0 bridgehead atoms. The molecule has 1 N–H and O–H groups in total. The Balaban J connectivity index is 2.30. The number of nitrogens with one attached hydrogen (secondary N) is 1. The fraction of sp³-hybridized carbons (Fsp3) is 0.613. The van der Waals surface area contributed by atoms with Crippen molar-refractivity contribution in [1.29, 1.82) is 0 Å². The van der Waals surface area contributed by atoms with E-state index in [-0.39, 0.29) is 15.7 Å². The number of sulfonamides is 1. The highest BCUT2D eigenvalue weighted by atomic mass is 32.2. The van der Waals surface area contributed by atoms with E-state index >= 15 is 0 Å². The summed E-state index contributed by atoms with van der Waals surface area (Å²) in [5, 5.41) is 0. The van der Waals surface area contributed by atoms with Crippen molar-refractivity contribution in [2.24, 2.45) is 5.41 Å². The lowest BCUT2D eigenvalue weighted by atomic mass is 9.72. The quantitative estimate of drug-likeness (QED) is 0.241. The summed E-state index contributed by atoms with van der Waals surface area (Å²) in [6, 6.07) is 13.3. The Bertz CT molecular complexity index is 1030. The lowest BCUT2D eigenvalue weighted by Gasteiger charge is -2.33. The lowest BCUT2D eigenvalue weighted by Crippen LogP contribution is -2.25. The first-order chi connectivity index (χ1) is 16.9. The molecular formula is C31H49NO3S. The zero-order valence-electron chi connectivity index (χ0n) is 23.7. The highest BCUT2D eigenvalue weighted by molar-refractivity contribution is 7.92. The van der Waals surface area contributed by atoms with E-state index in [2.05, 4.69) is 53.2 Å². The summed E-state index contributed by atoms with van der Waals surface area (Å²) in [6.45, 7) is 15.9. The molecule has 0 unspecified atom stereocenters. The van der Waals surface area contributed by atoms with E-state index in [0.29, 0.717) is 18.0 Å². The molecule has 2 aromatic carbocycles. The maximum atomic E-state index is 13.6. The number of unbranched alkanes of at least 4 members (excludes halogenated alkanes) is 5. The van der Waals surface area contributed by atoms with Gasteiger partial charge in [0, 0.05) is 5.69 Å². The van der Waals surface area contributed by atoms with Crippen molar-refractivity contribution in [3.63, 3.8) is 0 Å². The highest BCUT2D eigenvalue weighted by Gasteiger charge is 2.30. The molecule has 0 spiro atoms. The molecule has 0 aliphatic carbocycles. The molecule has 4 nitrogen and oxygen atoms in total. The molecule has 0 radical (unpaired) electrons. The summed E-state index contributed by atoms with van der Waals surface area (Å²) in [5.41, 5.74) is 2.71. The Hall–Kier alpha value is -2.01. The molecule has 0 fully saturated rings. The zero-order valence-corrected chi connectivity index (χ0v) is 24.6. The molecule has 36 heavy (non-hydrogen) atoms. The SMILES string of the molecule is CCCCCCCCOc1ccc(C(C)(C)CC(C)(C)C)cc1S(=O)(=O)Nc1ccc(CCC)cc1. The van der Waals surface area contributed by atoms with Crippen LogP contribution in [0.15, 0.2) is 47.4 Å². The third-order valence-electron chi connectivity index (χ3n) is 6.49. The second kappa shape index (κ2) is 13.5. The molecule has 0 saturated carbocycles. The van der Waals surface area contributed by atoms with E-state index in [1.807, 2.05) is 42.5 Å². The monoisotopic (exact) mass is 515 g/mol. The van der Waals surface area contributed by atoms with E-state index in [9.17, 15) is 8.42 Å². The van der Waals surface area contributed by atoms with Crippen LogP contribution >= 0.6 is 0 Å². The van der Waals surface area contributed by atoms with E-state index in [0.717, 1.165) is 37.7 Å². The second-order valence-corrected chi connectivity index (χ2v) is 13.6. The van der Waals surface area contributed by atoms with Crippen LogP contribution in [-0.4, -0.2) is 15.0 Å². The minimum atomic E-state index is -3.83. The number of aryl methyl sites for hydroxylation is 1. The summed E-state index contributed by atoms with van der Waals surface area (Å²) in [7, 11) is -3.83. The Morgan fingerprint density at radius 2 is 1.44 bits per heavy atom. The van der Waals surface area contributed by atoms with Gasteiger partial charge in [-0.1, -0.05) is 105 Å². The van der Waals surface area contributed by atoms with Crippen molar-refractivity contribution in [2.75, 3.05) is 11.3 Å². The van der Waals surface area contributed by atoms with Gasteiger partial charge >= 0.3 is 0 Å². The summed E-state index contributed by atoms with van der Waals surface area (Å²) >= 11 is 0. The van der Waals surface area contributed by atoms with Gasteiger partial charge in [-0.2, -0.15) is 0 Å². The normalized spacial score (nSPS) is 12.5. The molecule has 0 aromatic heterocycles. The van der Waals surface area contributed by atoms with Crippen LogP contribution in [0.4, 0.5) is 5.69 Å². The first-order valence-corrected chi connectivity index (χ1v) is 15.3. The Morgan fingerprint density at radius 3 is 2.06 bits per heavy atom. The van der Waals surface area contributed by atoms with Crippen molar-refractivity contribution in [3.8, 4) is 5.75 Å². The van der Waals surface area contributed by atoms with Crippen LogP contribution in [0.25, 0.3) is 0 Å². The molecule has 2 aromatic rings. The number of hydrogen-bond acceptors (Lipinski definition) is 3. The predicted molar refractivity (Wildman–Crippen MR) is 154 cm³/mol. The first kappa shape index (κ1) is 30.2. The van der Waals surface area contributed by atoms with Gasteiger partial charge in [-0.25, -0.2) is 8.42 Å². The standard InChI is InChI=1S/C31H49NO3S/c1-8-10-11-12-13-14-22-35-28-21-18-26(31(6,7)24-30(3,4)5)23-29(28)36(33,34)32-27-19-16-25(15-9-2)17-20-27/h16-21,23,32H,8-15,22,24H2,1-7H3. The predicted octanol–water partition coefficient (Wildman–Crippen LogP) is 8.89. The first-order valence-electron chi connectivity index (χ1n) is 13.8. The largest absolute Gasteiger partial charge is 0.492 e. The topological polar surface area (TPSA) is 55.4 Å². The second-order valence-electron chi connectivity index (χ2n) is 12.0. The average Bonchev–Trinajstić information content (AvgIpc) is 2.78. The van der Waals surface area contributed by atoms with Crippen LogP contribution in [0.5, 0.6) is 5.75 Å². The smallest absolute Gasteiger partial charge is 0.265 e. The van der Waals surface area contributed by atoms with Crippen LogP contribution < -0.4 is 9.46 Å². The molecule has 5 heteroatoms. The van der Waals surface area contributed by atoms with Gasteiger partial charge in [0.1, 0.15) is 10.6 Å². The van der Waals surface area contributed by atoms with Gasteiger partial charge in [0.25, 0.3) is 10.0 Å². The molecule has 0 saturated heterocycles. The summed E-state index contributed by atoms with van der Waals surface area (Å²) in [5.74, 6) is 0.425. The molecule has 0 aliphatic rings. The molecule has 2 rings (SSSR count). The van der Waals surface area contributed by atoms with Crippen molar-refractivity contribution < 1.29 is 13.2 Å². The van der Waals surface area contributed by atoms with E-state index in [4.69, 9.17) is 4.74 Å². The third kappa shape index (κ3) is 9.80. The van der Waals surface area contributed by atoms with Crippen LogP contribution in [0.3, 0.4) is 0 Å². The number of anilines is 1. The maximum Gasteiger partial charge on any atom is 0.265 e. The van der Waals surface area contributed by atoms with Crippen LogP contribution in [0, 0.1) is 5.41 Å². The maximum absolute atomic E-state index is 13.6. The van der Waals surface area contributed by atoms with Crippen molar-refractivity contribution in [1.82, 2.24) is 0 Å². The molecule has 0 atom stereocenters.